The van der Waals surface area contributed by atoms with Gasteiger partial charge in [-0.3, -0.25) is 0 Å². The second-order valence-electron chi connectivity index (χ2n) is 8.24. The molecular formula is C30H21CoN3O6. The summed E-state index contributed by atoms with van der Waals surface area (Å²) in [4.78, 5) is 31.3. The van der Waals surface area contributed by atoms with Gasteiger partial charge in [0, 0.05) is 32.9 Å². The van der Waals surface area contributed by atoms with Crippen LogP contribution in [-0.2, 0) is 16.8 Å². The van der Waals surface area contributed by atoms with Gasteiger partial charge in [-0.25, -0.2) is 0 Å². The first-order valence-electron chi connectivity index (χ1n) is 11.6. The van der Waals surface area contributed by atoms with Gasteiger partial charge >= 0.3 is 0 Å². The molecule has 0 atom stereocenters. The maximum Gasteiger partial charge on any atom is 0.157 e. The number of hydrogen-bond donors (Lipinski definition) is 3. The maximum atomic E-state index is 10.4. The summed E-state index contributed by atoms with van der Waals surface area (Å²) in [6.45, 7) is 0. The van der Waals surface area contributed by atoms with Gasteiger partial charge in [-0.05, 0) is 49.9 Å². The average molecular weight is 578 g/mol. The van der Waals surface area contributed by atoms with Crippen molar-refractivity contribution >= 4 is 49.4 Å². The number of benzene rings is 6. The van der Waals surface area contributed by atoms with E-state index in [0.29, 0.717) is 16.2 Å². The Labute approximate surface area is 237 Å². The van der Waals surface area contributed by atoms with Gasteiger partial charge in [0.05, 0.1) is 0 Å². The van der Waals surface area contributed by atoms with Crippen molar-refractivity contribution in [3.8, 4) is 17.2 Å². The average Bonchev–Trinajstić information content (AvgIpc) is 2.98. The first-order valence-corrected chi connectivity index (χ1v) is 11.6. The monoisotopic (exact) mass is 578 g/mol. The van der Waals surface area contributed by atoms with E-state index in [0.717, 1.165) is 16.2 Å². The molecule has 0 saturated carbocycles. The standard InChI is InChI=1S/3C10H7NO2.Co/c3*12-9-6-5-7-3-1-2-4-8(7)10(9)11-13;/h3*1-6,12H;. The molecule has 0 aliphatic rings. The summed E-state index contributed by atoms with van der Waals surface area (Å²) in [7, 11) is 0. The normalized spacial score (nSPS) is 9.90. The Balaban J connectivity index is 0.000000163. The summed E-state index contributed by atoms with van der Waals surface area (Å²) >= 11 is 0. The molecule has 40 heavy (non-hydrogen) atoms. The van der Waals surface area contributed by atoms with Crippen LogP contribution in [0.15, 0.2) is 125 Å². The number of rotatable bonds is 3. The van der Waals surface area contributed by atoms with Crippen molar-refractivity contribution in [1.82, 2.24) is 0 Å². The number of fused-ring (bicyclic) bond motifs is 3. The Morgan fingerprint density at radius 1 is 0.375 bits per heavy atom. The van der Waals surface area contributed by atoms with Crippen molar-refractivity contribution in [3.05, 3.63) is 124 Å². The predicted molar refractivity (Wildman–Crippen MR) is 153 cm³/mol. The van der Waals surface area contributed by atoms with Crippen LogP contribution in [0.4, 0.5) is 17.1 Å². The fourth-order valence-corrected chi connectivity index (χ4v) is 4.02. The van der Waals surface area contributed by atoms with Gasteiger partial charge in [-0.2, -0.15) is 0 Å². The van der Waals surface area contributed by atoms with Crippen LogP contribution < -0.4 is 0 Å². The van der Waals surface area contributed by atoms with Crippen molar-refractivity contribution < 1.29 is 32.1 Å². The van der Waals surface area contributed by atoms with Crippen LogP contribution in [0.3, 0.4) is 0 Å². The molecule has 1 radical (unpaired) electrons. The van der Waals surface area contributed by atoms with Crippen LogP contribution in [0.5, 0.6) is 17.2 Å². The number of phenols is 3. The molecule has 6 aromatic rings. The van der Waals surface area contributed by atoms with Gasteiger partial charge in [0.2, 0.25) is 0 Å². The number of hydrogen-bond acceptors (Lipinski definition) is 9. The van der Waals surface area contributed by atoms with Crippen LogP contribution >= 0.6 is 0 Å². The molecule has 0 spiro atoms. The number of aromatic hydroxyl groups is 3. The first-order chi connectivity index (χ1) is 19.0. The molecule has 0 saturated heterocycles. The van der Waals surface area contributed by atoms with Crippen LogP contribution in [0.25, 0.3) is 32.3 Å². The van der Waals surface area contributed by atoms with E-state index < -0.39 is 0 Å². The van der Waals surface area contributed by atoms with Crippen LogP contribution in [0.1, 0.15) is 0 Å². The van der Waals surface area contributed by atoms with Gasteiger partial charge < -0.3 is 15.3 Å². The van der Waals surface area contributed by atoms with Crippen molar-refractivity contribution in [1.29, 1.82) is 0 Å². The van der Waals surface area contributed by atoms with E-state index >= 15 is 0 Å². The van der Waals surface area contributed by atoms with Crippen LogP contribution in [0.2, 0.25) is 0 Å². The molecular weight excluding hydrogens is 557 g/mol. The molecule has 3 N–H and O–H groups in total. The molecule has 0 aromatic heterocycles. The molecule has 0 amide bonds. The third-order valence-corrected chi connectivity index (χ3v) is 5.91. The SMILES string of the molecule is O=Nc1c(O)ccc2ccccc12.O=Nc1c(O)ccc2ccccc12.O=Nc1c(O)ccc2ccccc12.[Co]. The number of nitrogens with zero attached hydrogens (tertiary/aromatic N) is 3. The minimum atomic E-state index is -0.0753. The zero-order chi connectivity index (χ0) is 27.8. The minimum absolute atomic E-state index is 0. The van der Waals surface area contributed by atoms with E-state index in [1.807, 2.05) is 36.4 Å². The van der Waals surface area contributed by atoms with E-state index in [1.165, 1.54) is 18.2 Å². The summed E-state index contributed by atoms with van der Waals surface area (Å²) < 4.78 is 0. The Bertz CT molecular complexity index is 1620. The van der Waals surface area contributed by atoms with Gasteiger partial charge in [0.15, 0.2) is 17.1 Å². The van der Waals surface area contributed by atoms with Crippen LogP contribution in [0, 0.1) is 14.7 Å². The fourth-order valence-electron chi connectivity index (χ4n) is 4.02. The van der Waals surface area contributed by atoms with E-state index in [9.17, 15) is 30.0 Å². The third kappa shape index (κ3) is 6.26. The van der Waals surface area contributed by atoms with Gasteiger partial charge in [0.1, 0.15) is 17.2 Å². The molecule has 0 aliphatic heterocycles. The van der Waals surface area contributed by atoms with Crippen molar-refractivity contribution in [2.24, 2.45) is 15.5 Å². The predicted octanol–water partition coefficient (Wildman–Crippen LogP) is 8.83. The second kappa shape index (κ2) is 13.6. The summed E-state index contributed by atoms with van der Waals surface area (Å²) in [5, 5.41) is 41.1. The summed E-state index contributed by atoms with van der Waals surface area (Å²) in [6.07, 6.45) is 0. The number of nitroso groups, excluding NO2 is 3. The van der Waals surface area contributed by atoms with E-state index in [2.05, 4.69) is 15.5 Å². The molecule has 6 rings (SSSR count). The van der Waals surface area contributed by atoms with Crippen molar-refractivity contribution in [3.63, 3.8) is 0 Å². The fraction of sp³-hybridized carbons (Fsp3) is 0. The minimum Gasteiger partial charge on any atom is -0.506 e. The van der Waals surface area contributed by atoms with E-state index in [-0.39, 0.29) is 51.1 Å². The molecule has 201 valence electrons. The Hall–Kier alpha value is -5.19. The van der Waals surface area contributed by atoms with E-state index in [4.69, 9.17) is 0 Å². The number of phenolic OH excluding ortho intramolecular Hbond substituents is 3. The molecule has 9 nitrogen and oxygen atoms in total. The molecule has 0 fully saturated rings. The van der Waals surface area contributed by atoms with Gasteiger partial charge in [-0.15, -0.1) is 14.7 Å². The van der Waals surface area contributed by atoms with Crippen LogP contribution in [-0.4, -0.2) is 15.3 Å². The van der Waals surface area contributed by atoms with Crippen molar-refractivity contribution in [2.75, 3.05) is 0 Å². The summed E-state index contributed by atoms with van der Waals surface area (Å²) in [5.41, 5.74) is 0.328. The smallest absolute Gasteiger partial charge is 0.157 e. The molecule has 0 bridgehead atoms. The summed E-state index contributed by atoms with van der Waals surface area (Å²) in [5.74, 6) is -0.226. The molecule has 0 aliphatic carbocycles. The maximum absolute atomic E-state index is 10.4. The second-order valence-corrected chi connectivity index (χ2v) is 8.24. The molecule has 6 aromatic carbocycles. The Morgan fingerprint density at radius 2 is 0.625 bits per heavy atom. The Morgan fingerprint density at radius 3 is 0.875 bits per heavy atom. The quantitative estimate of drug-likeness (QED) is 0.179. The molecule has 10 heteroatoms. The van der Waals surface area contributed by atoms with Gasteiger partial charge in [-0.1, -0.05) is 91.0 Å². The topological polar surface area (TPSA) is 149 Å². The zero-order valence-electron chi connectivity index (χ0n) is 20.6. The van der Waals surface area contributed by atoms with E-state index in [1.54, 1.807) is 54.6 Å². The molecule has 0 heterocycles. The Kier molecular flexibility index (Phi) is 9.95. The first kappa shape index (κ1) is 29.4. The zero-order valence-corrected chi connectivity index (χ0v) is 21.7. The van der Waals surface area contributed by atoms with Crippen molar-refractivity contribution in [2.45, 2.75) is 0 Å². The molecule has 0 unspecified atom stereocenters. The summed E-state index contributed by atoms with van der Waals surface area (Å²) in [6, 6.07) is 31.5. The third-order valence-electron chi connectivity index (χ3n) is 5.91. The van der Waals surface area contributed by atoms with Gasteiger partial charge in [0.25, 0.3) is 0 Å². The largest absolute Gasteiger partial charge is 0.506 e.